The van der Waals surface area contributed by atoms with E-state index in [1.54, 1.807) is 12.3 Å². The number of aromatic nitrogens is 3. The molecule has 0 fully saturated rings. The van der Waals surface area contributed by atoms with Gasteiger partial charge in [-0.05, 0) is 12.1 Å². The highest BCUT2D eigenvalue weighted by molar-refractivity contribution is 6.33. The average Bonchev–Trinajstić information content (AvgIpc) is 2.33. The van der Waals surface area contributed by atoms with Gasteiger partial charge in [-0.25, -0.2) is 0 Å². The van der Waals surface area contributed by atoms with E-state index in [0.717, 1.165) is 11.4 Å². The summed E-state index contributed by atoms with van der Waals surface area (Å²) >= 11 is 11.8. The molecule has 0 radical (unpaired) electrons. The van der Waals surface area contributed by atoms with Gasteiger partial charge in [-0.15, -0.1) is 10.2 Å². The first-order valence-corrected chi connectivity index (χ1v) is 5.72. The molecule has 0 aromatic carbocycles. The summed E-state index contributed by atoms with van der Waals surface area (Å²) in [5, 5.41) is 8.08. The summed E-state index contributed by atoms with van der Waals surface area (Å²) in [6.07, 6.45) is 1.75. The monoisotopic (exact) mass is 268 g/mol. The van der Waals surface area contributed by atoms with Gasteiger partial charge in [-0.1, -0.05) is 29.3 Å². The van der Waals surface area contributed by atoms with Crippen LogP contribution in [-0.2, 0) is 6.54 Å². The molecule has 0 spiro atoms. The fourth-order valence-corrected chi connectivity index (χ4v) is 1.81. The Morgan fingerprint density at radius 1 is 1.24 bits per heavy atom. The number of hydrogen-bond acceptors (Lipinski definition) is 4. The molecule has 0 aliphatic heterocycles. The van der Waals surface area contributed by atoms with Crippen molar-refractivity contribution in [2.75, 3.05) is 11.9 Å². The molecule has 0 atom stereocenters. The minimum absolute atomic E-state index is 0.317. The van der Waals surface area contributed by atoms with E-state index in [1.807, 2.05) is 30.1 Å². The average molecular weight is 269 g/mol. The smallest absolute Gasteiger partial charge is 0.175 e. The molecule has 0 aliphatic carbocycles. The van der Waals surface area contributed by atoms with E-state index in [4.69, 9.17) is 23.2 Å². The molecular weight excluding hydrogens is 259 g/mol. The van der Waals surface area contributed by atoms with Gasteiger partial charge in [0.2, 0.25) is 0 Å². The molecule has 0 saturated carbocycles. The first-order chi connectivity index (χ1) is 8.16. The third-order valence-electron chi connectivity index (χ3n) is 2.24. The lowest BCUT2D eigenvalue weighted by Crippen LogP contribution is -2.18. The lowest BCUT2D eigenvalue weighted by atomic mass is 10.3. The Bertz CT molecular complexity index is 504. The third kappa shape index (κ3) is 3.05. The molecule has 88 valence electrons. The van der Waals surface area contributed by atoms with Gasteiger partial charge in [-0.3, -0.25) is 4.98 Å². The van der Waals surface area contributed by atoms with Crippen LogP contribution in [0.3, 0.4) is 0 Å². The second kappa shape index (κ2) is 5.29. The van der Waals surface area contributed by atoms with Crippen LogP contribution in [0.5, 0.6) is 0 Å². The maximum absolute atomic E-state index is 5.96. The van der Waals surface area contributed by atoms with Crippen molar-refractivity contribution >= 4 is 28.9 Å². The second-order valence-corrected chi connectivity index (χ2v) is 4.27. The molecule has 0 unspecified atom stereocenters. The van der Waals surface area contributed by atoms with Gasteiger partial charge in [-0.2, -0.15) is 0 Å². The van der Waals surface area contributed by atoms with Crippen molar-refractivity contribution in [1.82, 2.24) is 15.2 Å². The van der Waals surface area contributed by atoms with E-state index < -0.39 is 0 Å². The van der Waals surface area contributed by atoms with Gasteiger partial charge in [0.05, 0.1) is 17.9 Å². The lowest BCUT2D eigenvalue weighted by molar-refractivity contribution is 0.873. The molecule has 6 heteroatoms. The number of hydrogen-bond donors (Lipinski definition) is 0. The quantitative estimate of drug-likeness (QED) is 0.859. The van der Waals surface area contributed by atoms with Crippen LogP contribution in [0.1, 0.15) is 5.69 Å². The molecule has 0 aliphatic rings. The Morgan fingerprint density at radius 3 is 2.76 bits per heavy atom. The van der Waals surface area contributed by atoms with E-state index in [2.05, 4.69) is 15.2 Å². The Balaban J connectivity index is 2.20. The summed E-state index contributed by atoms with van der Waals surface area (Å²) in [6, 6.07) is 7.44. The molecular formula is C11H10Cl2N4. The topological polar surface area (TPSA) is 41.9 Å². The molecule has 2 rings (SSSR count). The highest BCUT2D eigenvalue weighted by Gasteiger charge is 2.10. The van der Waals surface area contributed by atoms with E-state index in [0.29, 0.717) is 16.9 Å². The zero-order valence-corrected chi connectivity index (χ0v) is 10.7. The van der Waals surface area contributed by atoms with Gasteiger partial charge in [0.15, 0.2) is 10.3 Å². The largest absolute Gasteiger partial charge is 0.366 e. The first kappa shape index (κ1) is 12.1. The summed E-state index contributed by atoms with van der Waals surface area (Å²) in [4.78, 5) is 6.16. The molecule has 0 saturated heterocycles. The SMILES string of the molecule is CN(Cc1ccccn1)c1cc(Cl)nnc1Cl. The number of rotatable bonds is 3. The van der Waals surface area contributed by atoms with Crippen LogP contribution in [0.4, 0.5) is 5.69 Å². The molecule has 2 aromatic rings. The zero-order valence-electron chi connectivity index (χ0n) is 9.14. The summed E-state index contributed by atoms with van der Waals surface area (Å²) in [5.41, 5.74) is 1.68. The van der Waals surface area contributed by atoms with Crippen LogP contribution in [-0.4, -0.2) is 22.2 Å². The summed E-state index contributed by atoms with van der Waals surface area (Å²) < 4.78 is 0. The van der Waals surface area contributed by atoms with E-state index in [1.165, 1.54) is 0 Å². The molecule has 0 amide bonds. The predicted octanol–water partition coefficient (Wildman–Crippen LogP) is 2.81. The van der Waals surface area contributed by atoms with E-state index in [9.17, 15) is 0 Å². The van der Waals surface area contributed by atoms with Crippen molar-refractivity contribution in [2.45, 2.75) is 6.54 Å². The van der Waals surface area contributed by atoms with Crippen LogP contribution >= 0.6 is 23.2 Å². The Labute approximate surface area is 109 Å². The van der Waals surface area contributed by atoms with Gasteiger partial charge >= 0.3 is 0 Å². The van der Waals surface area contributed by atoms with Crippen molar-refractivity contribution < 1.29 is 0 Å². The van der Waals surface area contributed by atoms with Crippen molar-refractivity contribution in [3.05, 3.63) is 46.5 Å². The Morgan fingerprint density at radius 2 is 2.06 bits per heavy atom. The maximum Gasteiger partial charge on any atom is 0.175 e. The number of halogens is 2. The van der Waals surface area contributed by atoms with Crippen LogP contribution in [0.25, 0.3) is 0 Å². The van der Waals surface area contributed by atoms with E-state index >= 15 is 0 Å². The standard InChI is InChI=1S/C11H10Cl2N4/c1-17(7-8-4-2-3-5-14-8)9-6-10(12)15-16-11(9)13/h2-6H,7H2,1H3. The summed E-state index contributed by atoms with van der Waals surface area (Å²) in [6.45, 7) is 0.628. The minimum Gasteiger partial charge on any atom is -0.366 e. The highest BCUT2D eigenvalue weighted by atomic mass is 35.5. The van der Waals surface area contributed by atoms with Gasteiger partial charge in [0.25, 0.3) is 0 Å². The highest BCUT2D eigenvalue weighted by Crippen LogP contribution is 2.25. The fraction of sp³-hybridized carbons (Fsp3) is 0.182. The minimum atomic E-state index is 0.317. The Hall–Kier alpha value is -1.39. The molecule has 2 aromatic heterocycles. The number of pyridine rings is 1. The second-order valence-electron chi connectivity index (χ2n) is 3.52. The number of nitrogens with zero attached hydrogens (tertiary/aromatic N) is 4. The summed E-state index contributed by atoms with van der Waals surface area (Å²) in [7, 11) is 1.90. The van der Waals surface area contributed by atoms with Crippen LogP contribution in [0.15, 0.2) is 30.5 Å². The predicted molar refractivity (Wildman–Crippen MR) is 68.4 cm³/mol. The van der Waals surface area contributed by atoms with Gasteiger partial charge in [0.1, 0.15) is 0 Å². The van der Waals surface area contributed by atoms with Crippen molar-refractivity contribution in [1.29, 1.82) is 0 Å². The van der Waals surface area contributed by atoms with E-state index in [-0.39, 0.29) is 0 Å². The van der Waals surface area contributed by atoms with Crippen molar-refractivity contribution in [3.8, 4) is 0 Å². The molecule has 4 nitrogen and oxygen atoms in total. The van der Waals surface area contributed by atoms with Crippen LogP contribution < -0.4 is 4.90 Å². The van der Waals surface area contributed by atoms with Gasteiger partial charge < -0.3 is 4.90 Å². The zero-order chi connectivity index (χ0) is 12.3. The number of anilines is 1. The van der Waals surface area contributed by atoms with Crippen molar-refractivity contribution in [3.63, 3.8) is 0 Å². The van der Waals surface area contributed by atoms with Gasteiger partial charge in [0, 0.05) is 19.3 Å². The van der Waals surface area contributed by atoms with Crippen LogP contribution in [0, 0.1) is 0 Å². The normalized spacial score (nSPS) is 10.3. The summed E-state index contributed by atoms with van der Waals surface area (Å²) in [5.74, 6) is 0. The third-order valence-corrected chi connectivity index (χ3v) is 2.69. The molecule has 17 heavy (non-hydrogen) atoms. The molecule has 0 bridgehead atoms. The fourth-order valence-electron chi connectivity index (χ4n) is 1.43. The van der Waals surface area contributed by atoms with Crippen LogP contribution in [0.2, 0.25) is 10.3 Å². The first-order valence-electron chi connectivity index (χ1n) is 4.96. The maximum atomic E-state index is 5.96. The van der Waals surface area contributed by atoms with Crippen molar-refractivity contribution in [2.24, 2.45) is 0 Å². The lowest BCUT2D eigenvalue weighted by Gasteiger charge is -2.19. The molecule has 0 N–H and O–H groups in total. The Kier molecular flexibility index (Phi) is 3.76. The molecule has 2 heterocycles.